The minimum absolute atomic E-state index is 0.276. The molecule has 0 spiro atoms. The van der Waals surface area contributed by atoms with Crippen LogP contribution in [0.1, 0.15) is 25.3 Å². The second kappa shape index (κ2) is 9.88. The van der Waals surface area contributed by atoms with Crippen LogP contribution in [0.15, 0.2) is 53.5 Å². The lowest BCUT2D eigenvalue weighted by Gasteiger charge is -2.35. The highest BCUT2D eigenvalue weighted by Gasteiger charge is 2.21. The summed E-state index contributed by atoms with van der Waals surface area (Å²) in [5.41, 5.74) is 2.26. The van der Waals surface area contributed by atoms with Gasteiger partial charge in [-0.25, -0.2) is 4.99 Å². The van der Waals surface area contributed by atoms with Gasteiger partial charge in [-0.3, -0.25) is 0 Å². The molecule has 150 valence electrons. The number of methoxy groups -OCH3 is 1. The van der Waals surface area contributed by atoms with Crippen molar-refractivity contribution >= 4 is 11.6 Å². The Hall–Kier alpha value is -2.89. The third kappa shape index (κ3) is 5.55. The van der Waals surface area contributed by atoms with Crippen molar-refractivity contribution in [2.24, 2.45) is 4.99 Å². The maximum absolute atomic E-state index is 9.41. The second-order valence-corrected chi connectivity index (χ2v) is 6.99. The first-order valence-corrected chi connectivity index (χ1v) is 9.89. The van der Waals surface area contributed by atoms with Gasteiger partial charge in [0.1, 0.15) is 11.5 Å². The Bertz CT molecular complexity index is 776. The fourth-order valence-electron chi connectivity index (χ4n) is 3.42. The molecule has 0 bridgehead atoms. The van der Waals surface area contributed by atoms with Crippen molar-refractivity contribution in [3.05, 3.63) is 54.1 Å². The van der Waals surface area contributed by atoms with E-state index in [1.165, 1.54) is 5.69 Å². The van der Waals surface area contributed by atoms with E-state index in [9.17, 15) is 5.11 Å². The summed E-state index contributed by atoms with van der Waals surface area (Å²) in [5, 5.41) is 16.3. The van der Waals surface area contributed by atoms with Gasteiger partial charge in [-0.05, 0) is 49.6 Å². The van der Waals surface area contributed by atoms with E-state index < -0.39 is 0 Å². The molecule has 1 unspecified atom stereocenters. The van der Waals surface area contributed by atoms with Crippen LogP contribution in [0, 0.1) is 0 Å². The summed E-state index contributed by atoms with van der Waals surface area (Å²) in [6.07, 6.45) is 2.25. The first kappa shape index (κ1) is 19.9. The van der Waals surface area contributed by atoms with Crippen molar-refractivity contribution in [3.63, 3.8) is 0 Å². The van der Waals surface area contributed by atoms with Gasteiger partial charge in [0.15, 0.2) is 5.96 Å². The Kier molecular flexibility index (Phi) is 7.00. The Morgan fingerprint density at radius 3 is 2.82 bits per heavy atom. The summed E-state index contributed by atoms with van der Waals surface area (Å²) in [4.78, 5) is 7.10. The number of nitrogens with zero attached hydrogens (tertiary/aromatic N) is 2. The molecule has 1 heterocycles. The number of rotatable bonds is 6. The van der Waals surface area contributed by atoms with Crippen LogP contribution in [-0.4, -0.2) is 43.9 Å². The van der Waals surface area contributed by atoms with Gasteiger partial charge in [-0.2, -0.15) is 0 Å². The molecule has 0 amide bonds. The molecule has 1 atom stereocenters. The zero-order valence-corrected chi connectivity index (χ0v) is 16.7. The first-order chi connectivity index (χ1) is 13.7. The standard InChI is InChI=1S/C22H30N4O2/c1-3-23-22(24-15-17-9-11-20(27)12-10-17)25-18-6-5-13-26(16-18)19-7-4-8-21(14-19)28-2/h4,7-12,14,18,27H,3,5-6,13,15-16H2,1-2H3,(H2,23,24,25). The lowest BCUT2D eigenvalue weighted by molar-refractivity contribution is 0.414. The van der Waals surface area contributed by atoms with E-state index in [0.29, 0.717) is 12.6 Å². The Morgan fingerprint density at radius 1 is 1.25 bits per heavy atom. The normalized spacial score (nSPS) is 17.3. The molecule has 1 aliphatic rings. The minimum Gasteiger partial charge on any atom is -0.508 e. The number of hydrogen-bond acceptors (Lipinski definition) is 4. The topological polar surface area (TPSA) is 69.1 Å². The van der Waals surface area contributed by atoms with E-state index in [1.807, 2.05) is 24.3 Å². The number of guanidine groups is 1. The molecule has 3 rings (SSSR count). The lowest BCUT2D eigenvalue weighted by Crippen LogP contribution is -2.51. The highest BCUT2D eigenvalue weighted by Crippen LogP contribution is 2.24. The van der Waals surface area contributed by atoms with Crippen molar-refractivity contribution in [1.82, 2.24) is 10.6 Å². The second-order valence-electron chi connectivity index (χ2n) is 6.99. The lowest BCUT2D eigenvalue weighted by atomic mass is 10.0. The molecule has 0 saturated carbocycles. The monoisotopic (exact) mass is 382 g/mol. The third-order valence-corrected chi connectivity index (χ3v) is 4.88. The molecule has 1 aliphatic heterocycles. The number of anilines is 1. The Balaban J connectivity index is 1.63. The quantitative estimate of drug-likeness (QED) is 0.529. The van der Waals surface area contributed by atoms with Crippen molar-refractivity contribution < 1.29 is 9.84 Å². The molecular weight excluding hydrogens is 352 g/mol. The van der Waals surface area contributed by atoms with Gasteiger partial charge < -0.3 is 25.4 Å². The van der Waals surface area contributed by atoms with E-state index >= 15 is 0 Å². The van der Waals surface area contributed by atoms with Crippen molar-refractivity contribution in [3.8, 4) is 11.5 Å². The predicted molar refractivity (Wildman–Crippen MR) is 114 cm³/mol. The average molecular weight is 383 g/mol. The van der Waals surface area contributed by atoms with Gasteiger partial charge in [0, 0.05) is 37.4 Å². The van der Waals surface area contributed by atoms with Crippen LogP contribution in [0.4, 0.5) is 5.69 Å². The van der Waals surface area contributed by atoms with E-state index in [-0.39, 0.29) is 5.75 Å². The molecule has 1 fully saturated rings. The van der Waals surface area contributed by atoms with Crippen LogP contribution < -0.4 is 20.3 Å². The predicted octanol–water partition coefficient (Wildman–Crippen LogP) is 3.12. The maximum atomic E-state index is 9.41. The fourth-order valence-corrected chi connectivity index (χ4v) is 3.42. The van der Waals surface area contributed by atoms with Gasteiger partial charge in [0.2, 0.25) is 0 Å². The number of nitrogens with one attached hydrogen (secondary N) is 2. The van der Waals surface area contributed by atoms with Crippen LogP contribution >= 0.6 is 0 Å². The molecule has 6 nitrogen and oxygen atoms in total. The van der Waals surface area contributed by atoms with E-state index in [2.05, 4.69) is 34.6 Å². The molecule has 1 saturated heterocycles. The molecule has 3 N–H and O–H groups in total. The minimum atomic E-state index is 0.276. The number of benzene rings is 2. The highest BCUT2D eigenvalue weighted by molar-refractivity contribution is 5.80. The number of phenolic OH excluding ortho intramolecular Hbond substituents is 1. The largest absolute Gasteiger partial charge is 0.508 e. The first-order valence-electron chi connectivity index (χ1n) is 9.89. The molecule has 0 aliphatic carbocycles. The number of hydrogen-bond donors (Lipinski definition) is 3. The third-order valence-electron chi connectivity index (χ3n) is 4.88. The number of ether oxygens (including phenoxy) is 1. The SMILES string of the molecule is CCNC(=NCc1ccc(O)cc1)NC1CCCN(c2cccc(OC)c2)C1. The molecular formula is C22H30N4O2. The van der Waals surface area contributed by atoms with Gasteiger partial charge in [-0.15, -0.1) is 0 Å². The van der Waals surface area contributed by atoms with E-state index in [0.717, 1.165) is 49.7 Å². The molecule has 6 heteroatoms. The number of phenols is 1. The van der Waals surface area contributed by atoms with E-state index in [1.54, 1.807) is 19.2 Å². The van der Waals surface area contributed by atoms with Crippen molar-refractivity contribution in [2.75, 3.05) is 31.6 Å². The molecule has 0 aromatic heterocycles. The van der Waals surface area contributed by atoms with Crippen LogP contribution in [0.25, 0.3) is 0 Å². The van der Waals surface area contributed by atoms with Crippen LogP contribution in [0.3, 0.4) is 0 Å². The van der Waals surface area contributed by atoms with Crippen molar-refractivity contribution in [1.29, 1.82) is 0 Å². The molecule has 2 aromatic rings. The van der Waals surface area contributed by atoms with Crippen LogP contribution in [0.5, 0.6) is 11.5 Å². The van der Waals surface area contributed by atoms with Gasteiger partial charge in [0.25, 0.3) is 0 Å². The fraction of sp³-hybridized carbons (Fsp3) is 0.409. The molecule has 2 aromatic carbocycles. The summed E-state index contributed by atoms with van der Waals surface area (Å²) < 4.78 is 5.36. The molecule has 28 heavy (non-hydrogen) atoms. The summed E-state index contributed by atoms with van der Waals surface area (Å²) in [6, 6.07) is 15.7. The van der Waals surface area contributed by atoms with Gasteiger partial charge >= 0.3 is 0 Å². The number of aromatic hydroxyl groups is 1. The Morgan fingerprint density at radius 2 is 2.07 bits per heavy atom. The zero-order chi connectivity index (χ0) is 19.8. The van der Waals surface area contributed by atoms with Crippen molar-refractivity contribution in [2.45, 2.75) is 32.4 Å². The zero-order valence-electron chi connectivity index (χ0n) is 16.7. The van der Waals surface area contributed by atoms with E-state index in [4.69, 9.17) is 9.73 Å². The summed E-state index contributed by atoms with van der Waals surface area (Å²) in [6.45, 7) is 5.43. The summed E-state index contributed by atoms with van der Waals surface area (Å²) >= 11 is 0. The maximum Gasteiger partial charge on any atom is 0.191 e. The van der Waals surface area contributed by atoms with Gasteiger partial charge in [-0.1, -0.05) is 18.2 Å². The highest BCUT2D eigenvalue weighted by atomic mass is 16.5. The summed E-state index contributed by atoms with van der Waals surface area (Å²) in [5.74, 6) is 1.99. The summed E-state index contributed by atoms with van der Waals surface area (Å²) in [7, 11) is 1.70. The Labute approximate surface area is 167 Å². The number of aliphatic imine (C=N–C) groups is 1. The van der Waals surface area contributed by atoms with Gasteiger partial charge in [0.05, 0.1) is 13.7 Å². The average Bonchev–Trinajstić information content (AvgIpc) is 2.73. The van der Waals surface area contributed by atoms with Crippen LogP contribution in [0.2, 0.25) is 0 Å². The number of piperidine rings is 1. The van der Waals surface area contributed by atoms with Crippen LogP contribution in [-0.2, 0) is 6.54 Å². The molecule has 0 radical (unpaired) electrons. The smallest absolute Gasteiger partial charge is 0.191 e.